The van der Waals surface area contributed by atoms with Crippen LogP contribution >= 0.6 is 0 Å². The Morgan fingerprint density at radius 2 is 2.36 bits per heavy atom. The van der Waals surface area contributed by atoms with Gasteiger partial charge in [0.1, 0.15) is 6.04 Å². The molecule has 2 atom stereocenters. The number of ether oxygens (including phenoxy) is 1. The molecule has 1 rings (SSSR count). The van der Waals surface area contributed by atoms with Gasteiger partial charge >= 0.3 is 5.97 Å². The molecule has 14 heavy (non-hydrogen) atoms. The molecular weight excluding hydrogens is 178 g/mol. The van der Waals surface area contributed by atoms with Crippen molar-refractivity contribution in [3.8, 4) is 0 Å². The zero-order valence-corrected chi connectivity index (χ0v) is 9.45. The molecule has 82 valence electrons. The van der Waals surface area contributed by atoms with Crippen molar-refractivity contribution in [2.75, 3.05) is 20.2 Å². The van der Waals surface area contributed by atoms with Crippen LogP contribution in [0.25, 0.3) is 0 Å². The van der Waals surface area contributed by atoms with E-state index in [1.807, 2.05) is 6.92 Å². The Bertz CT molecular complexity index is 194. The molecule has 0 radical (unpaired) electrons. The van der Waals surface area contributed by atoms with Gasteiger partial charge in [-0.05, 0) is 31.7 Å². The fraction of sp³-hybridized carbons (Fsp3) is 0.909. The van der Waals surface area contributed by atoms with E-state index in [0.29, 0.717) is 5.92 Å². The number of hydrogen-bond acceptors (Lipinski definition) is 3. The van der Waals surface area contributed by atoms with Crippen LogP contribution < -0.4 is 0 Å². The molecule has 0 aromatic carbocycles. The second kappa shape index (κ2) is 5.35. The minimum atomic E-state index is -0.0819. The van der Waals surface area contributed by atoms with Gasteiger partial charge in [0.15, 0.2) is 0 Å². The van der Waals surface area contributed by atoms with E-state index in [1.54, 1.807) is 0 Å². The molecule has 1 heterocycles. The Balaban J connectivity index is 2.54. The zero-order chi connectivity index (χ0) is 10.6. The van der Waals surface area contributed by atoms with Crippen LogP contribution in [0.3, 0.4) is 0 Å². The van der Waals surface area contributed by atoms with Gasteiger partial charge < -0.3 is 4.74 Å². The molecule has 0 amide bonds. The maximum absolute atomic E-state index is 11.5. The van der Waals surface area contributed by atoms with Crippen molar-refractivity contribution >= 4 is 5.97 Å². The average Bonchev–Trinajstić information content (AvgIpc) is 2.19. The van der Waals surface area contributed by atoms with Gasteiger partial charge in [-0.1, -0.05) is 13.8 Å². The van der Waals surface area contributed by atoms with E-state index in [1.165, 1.54) is 20.0 Å². The summed E-state index contributed by atoms with van der Waals surface area (Å²) in [5.74, 6) is 0.629. The quantitative estimate of drug-likeness (QED) is 0.648. The van der Waals surface area contributed by atoms with E-state index in [9.17, 15) is 4.79 Å². The SMILES string of the molecule is CC[C@H](C(=O)OC)N1CCC[C@H](C)C1. The Kier molecular flexibility index (Phi) is 4.39. The van der Waals surface area contributed by atoms with Crippen molar-refractivity contribution < 1.29 is 9.53 Å². The molecule has 0 unspecified atom stereocenters. The summed E-state index contributed by atoms with van der Waals surface area (Å²) in [7, 11) is 1.47. The summed E-state index contributed by atoms with van der Waals surface area (Å²) in [6.45, 7) is 6.36. The fourth-order valence-electron chi connectivity index (χ4n) is 2.22. The van der Waals surface area contributed by atoms with E-state index in [-0.39, 0.29) is 12.0 Å². The lowest BCUT2D eigenvalue weighted by Gasteiger charge is -2.35. The molecule has 1 saturated heterocycles. The van der Waals surface area contributed by atoms with Crippen molar-refractivity contribution in [1.29, 1.82) is 0 Å². The largest absolute Gasteiger partial charge is 0.468 e. The Morgan fingerprint density at radius 1 is 1.64 bits per heavy atom. The van der Waals surface area contributed by atoms with Crippen LogP contribution in [0.4, 0.5) is 0 Å². The van der Waals surface area contributed by atoms with Gasteiger partial charge in [0.05, 0.1) is 7.11 Å². The zero-order valence-electron chi connectivity index (χ0n) is 9.45. The Hall–Kier alpha value is -0.570. The van der Waals surface area contributed by atoms with Gasteiger partial charge in [-0.25, -0.2) is 0 Å². The third kappa shape index (κ3) is 2.71. The fourth-order valence-corrected chi connectivity index (χ4v) is 2.22. The van der Waals surface area contributed by atoms with Crippen LogP contribution in [-0.4, -0.2) is 37.1 Å². The monoisotopic (exact) mass is 199 g/mol. The Labute approximate surface area is 86.4 Å². The molecule has 0 aromatic heterocycles. The third-order valence-electron chi connectivity index (χ3n) is 2.99. The molecule has 0 aromatic rings. The highest BCUT2D eigenvalue weighted by Gasteiger charge is 2.28. The number of likely N-dealkylation sites (tertiary alicyclic amines) is 1. The topological polar surface area (TPSA) is 29.5 Å². The molecule has 3 nitrogen and oxygen atoms in total. The normalized spacial score (nSPS) is 25.8. The van der Waals surface area contributed by atoms with Crippen LogP contribution in [0.2, 0.25) is 0 Å². The maximum atomic E-state index is 11.5. The predicted octanol–water partition coefficient (Wildman–Crippen LogP) is 1.67. The minimum absolute atomic E-state index is 0.0252. The van der Waals surface area contributed by atoms with Crippen LogP contribution in [0.1, 0.15) is 33.1 Å². The highest BCUT2D eigenvalue weighted by molar-refractivity contribution is 5.75. The van der Waals surface area contributed by atoms with E-state index in [4.69, 9.17) is 4.74 Å². The smallest absolute Gasteiger partial charge is 0.323 e. The van der Waals surface area contributed by atoms with Gasteiger partial charge in [0, 0.05) is 6.54 Å². The number of carbonyl (C=O) groups excluding carboxylic acids is 1. The van der Waals surface area contributed by atoms with Gasteiger partial charge in [0.25, 0.3) is 0 Å². The summed E-state index contributed by atoms with van der Waals surface area (Å²) in [6.07, 6.45) is 3.34. The molecule has 0 bridgehead atoms. The standard InChI is InChI=1S/C11H21NO2/c1-4-10(11(13)14-3)12-7-5-6-9(2)8-12/h9-10H,4-8H2,1-3H3/t9-,10+/m0/s1. The van der Waals surface area contributed by atoms with Gasteiger partial charge in [0.2, 0.25) is 0 Å². The minimum Gasteiger partial charge on any atom is -0.468 e. The lowest BCUT2D eigenvalue weighted by atomic mass is 9.98. The molecule has 0 spiro atoms. The lowest BCUT2D eigenvalue weighted by Crippen LogP contribution is -2.46. The van der Waals surface area contributed by atoms with Gasteiger partial charge in [-0.3, -0.25) is 9.69 Å². The predicted molar refractivity (Wildman–Crippen MR) is 56.1 cm³/mol. The maximum Gasteiger partial charge on any atom is 0.323 e. The highest BCUT2D eigenvalue weighted by atomic mass is 16.5. The number of nitrogens with zero attached hydrogens (tertiary/aromatic N) is 1. The molecule has 1 fully saturated rings. The van der Waals surface area contributed by atoms with Crippen molar-refractivity contribution in [3.05, 3.63) is 0 Å². The van der Waals surface area contributed by atoms with Crippen LogP contribution in [-0.2, 0) is 9.53 Å². The number of methoxy groups -OCH3 is 1. The van der Waals surface area contributed by atoms with Crippen molar-refractivity contribution in [2.45, 2.75) is 39.2 Å². The number of esters is 1. The van der Waals surface area contributed by atoms with Crippen LogP contribution in [0.5, 0.6) is 0 Å². The van der Waals surface area contributed by atoms with Gasteiger partial charge in [-0.15, -0.1) is 0 Å². The van der Waals surface area contributed by atoms with E-state index in [0.717, 1.165) is 19.5 Å². The van der Waals surface area contributed by atoms with Crippen LogP contribution in [0.15, 0.2) is 0 Å². The van der Waals surface area contributed by atoms with Crippen LogP contribution in [0, 0.1) is 5.92 Å². The number of carbonyl (C=O) groups is 1. The second-order valence-corrected chi connectivity index (χ2v) is 4.19. The number of piperidine rings is 1. The molecule has 0 saturated carbocycles. The van der Waals surface area contributed by atoms with E-state index in [2.05, 4.69) is 11.8 Å². The molecule has 0 aliphatic carbocycles. The van der Waals surface area contributed by atoms with Crippen molar-refractivity contribution in [3.63, 3.8) is 0 Å². The third-order valence-corrected chi connectivity index (χ3v) is 2.99. The summed E-state index contributed by atoms with van der Waals surface area (Å²) >= 11 is 0. The summed E-state index contributed by atoms with van der Waals surface area (Å²) in [6, 6.07) is -0.0252. The summed E-state index contributed by atoms with van der Waals surface area (Å²) in [5, 5.41) is 0. The first kappa shape index (κ1) is 11.5. The molecule has 1 aliphatic rings. The second-order valence-electron chi connectivity index (χ2n) is 4.19. The number of hydrogen-bond donors (Lipinski definition) is 0. The Morgan fingerprint density at radius 3 is 2.86 bits per heavy atom. The highest BCUT2D eigenvalue weighted by Crippen LogP contribution is 2.19. The summed E-state index contributed by atoms with van der Waals surface area (Å²) in [4.78, 5) is 13.7. The van der Waals surface area contributed by atoms with Gasteiger partial charge in [-0.2, -0.15) is 0 Å². The molecule has 3 heteroatoms. The van der Waals surface area contributed by atoms with E-state index >= 15 is 0 Å². The average molecular weight is 199 g/mol. The summed E-state index contributed by atoms with van der Waals surface area (Å²) in [5.41, 5.74) is 0. The van der Waals surface area contributed by atoms with Crippen molar-refractivity contribution in [2.24, 2.45) is 5.92 Å². The first-order valence-electron chi connectivity index (χ1n) is 5.51. The van der Waals surface area contributed by atoms with E-state index < -0.39 is 0 Å². The lowest BCUT2D eigenvalue weighted by molar-refractivity contribution is -0.147. The molecule has 1 aliphatic heterocycles. The molecule has 0 N–H and O–H groups in total. The summed E-state index contributed by atoms with van der Waals surface area (Å²) < 4.78 is 4.81. The number of rotatable bonds is 3. The van der Waals surface area contributed by atoms with Crippen molar-refractivity contribution in [1.82, 2.24) is 4.90 Å². The first-order valence-corrected chi connectivity index (χ1v) is 5.51. The molecular formula is C11H21NO2. The first-order chi connectivity index (χ1) is 6.69.